The van der Waals surface area contributed by atoms with Gasteiger partial charge in [-0.15, -0.1) is 24.8 Å². The van der Waals surface area contributed by atoms with Crippen LogP contribution in [0.25, 0.3) is 0 Å². The van der Waals surface area contributed by atoms with E-state index in [1.54, 1.807) is 0 Å². The zero-order valence-electron chi connectivity index (χ0n) is 7.33. The molecule has 1 fully saturated rings. The summed E-state index contributed by atoms with van der Waals surface area (Å²) in [6.45, 7) is 6.82. The molecule has 1 aliphatic heterocycles. The van der Waals surface area contributed by atoms with Crippen molar-refractivity contribution in [2.45, 2.75) is 25.9 Å². The first-order chi connectivity index (χ1) is 4.22. The Morgan fingerprint density at radius 3 is 2.18 bits per heavy atom. The van der Waals surface area contributed by atoms with E-state index in [2.05, 4.69) is 31.1 Å². The summed E-state index contributed by atoms with van der Waals surface area (Å²) < 4.78 is 0. The molecule has 2 nitrogen and oxygen atoms in total. The number of halogens is 2. The van der Waals surface area contributed by atoms with Gasteiger partial charge >= 0.3 is 0 Å². The highest BCUT2D eigenvalue weighted by molar-refractivity contribution is 5.85. The molecular formula is C7H18Cl2N2. The predicted molar refractivity (Wildman–Crippen MR) is 54.1 cm³/mol. The normalized spacial score (nSPS) is 31.9. The van der Waals surface area contributed by atoms with Crippen LogP contribution in [0.2, 0.25) is 0 Å². The summed E-state index contributed by atoms with van der Waals surface area (Å²) in [6, 6.07) is 1.35. The molecule has 0 aromatic heterocycles. The summed E-state index contributed by atoms with van der Waals surface area (Å²) in [5, 5.41) is 3.42. The monoisotopic (exact) mass is 200 g/mol. The van der Waals surface area contributed by atoms with Crippen LogP contribution in [-0.2, 0) is 0 Å². The maximum Gasteiger partial charge on any atom is 0.0215 e. The van der Waals surface area contributed by atoms with E-state index in [1.807, 2.05) is 0 Å². The van der Waals surface area contributed by atoms with Crippen molar-refractivity contribution in [2.24, 2.45) is 0 Å². The molecule has 1 N–H and O–H groups in total. The number of nitrogens with zero attached hydrogens (tertiary/aromatic N) is 1. The molecule has 0 amide bonds. The molecule has 0 saturated carbocycles. The van der Waals surface area contributed by atoms with Gasteiger partial charge in [-0.3, -0.25) is 0 Å². The minimum atomic E-state index is 0. The molecule has 0 aromatic carbocycles. The highest BCUT2D eigenvalue weighted by Gasteiger charge is 2.19. The maximum atomic E-state index is 3.42. The van der Waals surface area contributed by atoms with Crippen molar-refractivity contribution in [3.63, 3.8) is 0 Å². The smallest absolute Gasteiger partial charge is 0.0215 e. The second-order valence-electron chi connectivity index (χ2n) is 2.96. The fourth-order valence-electron chi connectivity index (χ4n) is 1.22. The quantitative estimate of drug-likeness (QED) is 0.632. The molecule has 0 aliphatic carbocycles. The third kappa shape index (κ3) is 3.61. The van der Waals surface area contributed by atoms with Crippen molar-refractivity contribution in [3.8, 4) is 0 Å². The first-order valence-corrected chi connectivity index (χ1v) is 3.65. The summed E-state index contributed by atoms with van der Waals surface area (Å²) in [5.41, 5.74) is 0. The molecule has 70 valence electrons. The fraction of sp³-hybridized carbons (Fsp3) is 1.00. The van der Waals surface area contributed by atoms with Gasteiger partial charge in [0.05, 0.1) is 0 Å². The third-order valence-electron chi connectivity index (χ3n) is 2.35. The van der Waals surface area contributed by atoms with Crippen LogP contribution in [0.15, 0.2) is 0 Å². The molecule has 0 spiro atoms. The Morgan fingerprint density at radius 1 is 1.27 bits per heavy atom. The van der Waals surface area contributed by atoms with Gasteiger partial charge in [0.1, 0.15) is 0 Å². The van der Waals surface area contributed by atoms with Crippen molar-refractivity contribution in [1.82, 2.24) is 10.2 Å². The second kappa shape index (κ2) is 6.06. The van der Waals surface area contributed by atoms with Crippen molar-refractivity contribution in [1.29, 1.82) is 0 Å². The van der Waals surface area contributed by atoms with Gasteiger partial charge in [0, 0.05) is 25.2 Å². The summed E-state index contributed by atoms with van der Waals surface area (Å²) >= 11 is 0. The number of likely N-dealkylation sites (N-methyl/N-ethyl adjacent to an activating group) is 1. The largest absolute Gasteiger partial charge is 0.311 e. The van der Waals surface area contributed by atoms with E-state index in [1.165, 1.54) is 6.54 Å². The van der Waals surface area contributed by atoms with Gasteiger partial charge in [-0.2, -0.15) is 0 Å². The van der Waals surface area contributed by atoms with Crippen molar-refractivity contribution in [3.05, 3.63) is 0 Å². The van der Waals surface area contributed by atoms with Crippen LogP contribution in [0.1, 0.15) is 13.8 Å². The van der Waals surface area contributed by atoms with E-state index in [9.17, 15) is 0 Å². The third-order valence-corrected chi connectivity index (χ3v) is 2.35. The van der Waals surface area contributed by atoms with Crippen molar-refractivity contribution in [2.75, 3.05) is 20.1 Å². The van der Waals surface area contributed by atoms with Crippen molar-refractivity contribution >= 4 is 24.8 Å². The summed E-state index contributed by atoms with van der Waals surface area (Å²) in [7, 11) is 2.18. The molecule has 1 saturated heterocycles. The van der Waals surface area contributed by atoms with E-state index < -0.39 is 0 Å². The summed E-state index contributed by atoms with van der Waals surface area (Å²) in [5.74, 6) is 0. The number of hydrogen-bond donors (Lipinski definition) is 1. The minimum absolute atomic E-state index is 0. The summed E-state index contributed by atoms with van der Waals surface area (Å²) in [6.07, 6.45) is 0. The Kier molecular flexibility index (Phi) is 7.75. The molecule has 0 bridgehead atoms. The molecule has 1 aliphatic rings. The lowest BCUT2D eigenvalue weighted by atomic mass is 10.1. The van der Waals surface area contributed by atoms with Gasteiger partial charge in [-0.05, 0) is 20.9 Å². The predicted octanol–water partition coefficient (Wildman–Crippen LogP) is 1.14. The number of piperazine rings is 1. The maximum absolute atomic E-state index is 3.42. The molecular weight excluding hydrogens is 183 g/mol. The minimum Gasteiger partial charge on any atom is -0.311 e. The first-order valence-electron chi connectivity index (χ1n) is 3.65. The lowest BCUT2D eigenvalue weighted by Gasteiger charge is -2.35. The standard InChI is InChI=1S/C7H16N2.2ClH/c1-6-7(2)9(3)5-4-8-6;;/h6-8H,4-5H2,1-3H3;2*1H/t6-,7+;;/m1../s1. The van der Waals surface area contributed by atoms with Crippen LogP contribution < -0.4 is 5.32 Å². The average Bonchev–Trinajstić information content (AvgIpc) is 1.83. The highest BCUT2D eigenvalue weighted by Crippen LogP contribution is 2.04. The summed E-state index contributed by atoms with van der Waals surface area (Å²) in [4.78, 5) is 2.39. The van der Waals surface area contributed by atoms with Crippen LogP contribution in [0.3, 0.4) is 0 Å². The molecule has 0 radical (unpaired) electrons. The van der Waals surface area contributed by atoms with E-state index in [0.717, 1.165) is 6.54 Å². The average molecular weight is 201 g/mol. The van der Waals surface area contributed by atoms with Gasteiger partial charge in [-0.25, -0.2) is 0 Å². The Bertz CT molecular complexity index is 90.4. The second-order valence-corrected chi connectivity index (χ2v) is 2.96. The lowest BCUT2D eigenvalue weighted by Crippen LogP contribution is -2.53. The Balaban J connectivity index is 0. The van der Waals surface area contributed by atoms with Crippen LogP contribution in [-0.4, -0.2) is 37.1 Å². The van der Waals surface area contributed by atoms with Crippen molar-refractivity contribution < 1.29 is 0 Å². The SMILES string of the molecule is C[C@H]1NCCN(C)[C@H]1C.Cl.Cl. The number of hydrogen-bond acceptors (Lipinski definition) is 2. The van der Waals surface area contributed by atoms with Gasteiger partial charge in [0.2, 0.25) is 0 Å². The van der Waals surface area contributed by atoms with Crippen LogP contribution in [0, 0.1) is 0 Å². The van der Waals surface area contributed by atoms with E-state index in [-0.39, 0.29) is 24.8 Å². The zero-order valence-corrected chi connectivity index (χ0v) is 8.97. The molecule has 11 heavy (non-hydrogen) atoms. The van der Waals surface area contributed by atoms with Gasteiger partial charge < -0.3 is 10.2 Å². The topological polar surface area (TPSA) is 15.3 Å². The van der Waals surface area contributed by atoms with Crippen LogP contribution in [0.4, 0.5) is 0 Å². The lowest BCUT2D eigenvalue weighted by molar-refractivity contribution is 0.172. The van der Waals surface area contributed by atoms with Crippen LogP contribution >= 0.6 is 24.8 Å². The van der Waals surface area contributed by atoms with Gasteiger partial charge in [0.15, 0.2) is 0 Å². The van der Waals surface area contributed by atoms with E-state index in [4.69, 9.17) is 0 Å². The Hall–Kier alpha value is 0.500. The Labute approximate surface area is 81.5 Å². The number of nitrogens with one attached hydrogen (secondary N) is 1. The molecule has 2 atom stereocenters. The van der Waals surface area contributed by atoms with Gasteiger partial charge in [-0.1, -0.05) is 0 Å². The van der Waals surface area contributed by atoms with E-state index >= 15 is 0 Å². The Morgan fingerprint density at radius 2 is 1.82 bits per heavy atom. The highest BCUT2D eigenvalue weighted by atomic mass is 35.5. The number of rotatable bonds is 0. The van der Waals surface area contributed by atoms with E-state index in [0.29, 0.717) is 12.1 Å². The fourth-order valence-corrected chi connectivity index (χ4v) is 1.22. The van der Waals surface area contributed by atoms with Crippen LogP contribution in [0.5, 0.6) is 0 Å². The molecule has 4 heteroatoms. The molecule has 1 rings (SSSR count). The molecule has 0 aromatic rings. The molecule has 1 heterocycles. The molecule has 0 unspecified atom stereocenters. The van der Waals surface area contributed by atoms with Gasteiger partial charge in [0.25, 0.3) is 0 Å². The first kappa shape index (κ1) is 14.0. The zero-order chi connectivity index (χ0) is 6.85.